The minimum Gasteiger partial charge on any atom is -0.372 e. The van der Waals surface area contributed by atoms with Gasteiger partial charge in [-0.2, -0.15) is 0 Å². The topological polar surface area (TPSA) is 63.5 Å². The van der Waals surface area contributed by atoms with Gasteiger partial charge in [0.1, 0.15) is 19.2 Å². The van der Waals surface area contributed by atoms with Crippen LogP contribution in [0.3, 0.4) is 0 Å². The second-order valence-electron chi connectivity index (χ2n) is 5.78. The number of morpholine rings is 1. The molecule has 0 N–H and O–H groups in total. The van der Waals surface area contributed by atoms with Crippen molar-refractivity contribution < 1.29 is 9.53 Å². The summed E-state index contributed by atoms with van der Waals surface area (Å²) in [7, 11) is 2.13. The van der Waals surface area contributed by atoms with Crippen molar-refractivity contribution in [2.45, 2.75) is 25.0 Å². The molecule has 3 heterocycles. The minimum absolute atomic E-state index is 0.0413. The van der Waals surface area contributed by atoms with Gasteiger partial charge in [0.25, 0.3) is 0 Å². The molecule has 2 aliphatic rings. The Morgan fingerprint density at radius 2 is 1.95 bits per heavy atom. The number of nitrogens with zero attached hydrogens (tertiary/aromatic N) is 5. The highest BCUT2D eigenvalue weighted by atomic mass is 16.5. The zero-order valence-electron chi connectivity index (χ0n) is 11.9. The summed E-state index contributed by atoms with van der Waals surface area (Å²) >= 11 is 0. The largest absolute Gasteiger partial charge is 0.372 e. The van der Waals surface area contributed by atoms with E-state index in [4.69, 9.17) is 4.74 Å². The van der Waals surface area contributed by atoms with Crippen LogP contribution >= 0.6 is 0 Å². The predicted octanol–water partition coefficient (Wildman–Crippen LogP) is -0.399. The first kappa shape index (κ1) is 13.5. The quantitative estimate of drug-likeness (QED) is 0.737. The van der Waals surface area contributed by atoms with E-state index in [1.54, 1.807) is 17.2 Å². The standard InChI is InChI=1S/C13H21N5O2/c1-16-6-7-20-13(9-16)2-4-18(5-3-13)12(19)8-17-10-14-15-11-17/h10-11H,2-9H2,1H3. The van der Waals surface area contributed by atoms with Crippen molar-refractivity contribution in [1.29, 1.82) is 0 Å². The van der Waals surface area contributed by atoms with Crippen molar-refractivity contribution in [3.63, 3.8) is 0 Å². The molecule has 20 heavy (non-hydrogen) atoms. The normalized spacial score (nSPS) is 23.1. The van der Waals surface area contributed by atoms with Crippen molar-refractivity contribution in [2.75, 3.05) is 39.8 Å². The summed E-state index contributed by atoms with van der Waals surface area (Å²) < 4.78 is 7.71. The molecule has 0 atom stereocenters. The third-order valence-corrected chi connectivity index (χ3v) is 4.25. The summed E-state index contributed by atoms with van der Waals surface area (Å²) in [5.41, 5.74) is -0.0413. The first-order valence-electron chi connectivity index (χ1n) is 7.10. The second kappa shape index (κ2) is 5.49. The number of aromatic nitrogens is 3. The number of likely N-dealkylation sites (N-methyl/N-ethyl adjacent to an activating group) is 1. The summed E-state index contributed by atoms with van der Waals surface area (Å²) in [5, 5.41) is 7.43. The van der Waals surface area contributed by atoms with E-state index in [1.165, 1.54) is 0 Å². The summed E-state index contributed by atoms with van der Waals surface area (Å²) in [6.07, 6.45) is 4.99. The number of hydrogen-bond donors (Lipinski definition) is 0. The fourth-order valence-electron chi connectivity index (χ4n) is 3.06. The first-order valence-corrected chi connectivity index (χ1v) is 7.10. The van der Waals surface area contributed by atoms with Gasteiger partial charge >= 0.3 is 0 Å². The van der Waals surface area contributed by atoms with Crippen LogP contribution in [0, 0.1) is 0 Å². The third-order valence-electron chi connectivity index (χ3n) is 4.25. The lowest BCUT2D eigenvalue weighted by Gasteiger charge is -2.46. The molecule has 0 aliphatic carbocycles. The van der Waals surface area contributed by atoms with Crippen molar-refractivity contribution in [1.82, 2.24) is 24.6 Å². The molecule has 0 radical (unpaired) electrons. The molecule has 1 amide bonds. The maximum Gasteiger partial charge on any atom is 0.242 e. The molecular formula is C13H21N5O2. The van der Waals surface area contributed by atoms with Crippen LogP contribution in [0.2, 0.25) is 0 Å². The van der Waals surface area contributed by atoms with Gasteiger partial charge < -0.3 is 19.1 Å². The predicted molar refractivity (Wildman–Crippen MR) is 72.0 cm³/mol. The van der Waals surface area contributed by atoms with Gasteiger partial charge in [0.15, 0.2) is 0 Å². The lowest BCUT2D eigenvalue weighted by Crippen LogP contribution is -2.56. The Kier molecular flexibility index (Phi) is 3.71. The zero-order chi connectivity index (χ0) is 14.0. The SMILES string of the molecule is CN1CCOC2(CCN(C(=O)Cn3cnnc3)CC2)C1. The fourth-order valence-corrected chi connectivity index (χ4v) is 3.06. The highest BCUT2D eigenvalue weighted by Crippen LogP contribution is 2.29. The summed E-state index contributed by atoms with van der Waals surface area (Å²) in [5.74, 6) is 0.129. The molecule has 1 spiro atoms. The van der Waals surface area contributed by atoms with Crippen LogP contribution in [0.5, 0.6) is 0 Å². The zero-order valence-corrected chi connectivity index (χ0v) is 11.9. The summed E-state index contributed by atoms with van der Waals surface area (Å²) in [6, 6.07) is 0. The van der Waals surface area contributed by atoms with Gasteiger partial charge in [-0.3, -0.25) is 4.79 Å². The van der Waals surface area contributed by atoms with Crippen LogP contribution in [0.25, 0.3) is 0 Å². The molecule has 0 unspecified atom stereocenters. The van der Waals surface area contributed by atoms with Gasteiger partial charge in [-0.25, -0.2) is 0 Å². The Balaban J connectivity index is 1.54. The van der Waals surface area contributed by atoms with E-state index < -0.39 is 0 Å². The van der Waals surface area contributed by atoms with Crippen molar-refractivity contribution in [3.05, 3.63) is 12.7 Å². The Morgan fingerprint density at radius 1 is 1.25 bits per heavy atom. The highest BCUT2D eigenvalue weighted by Gasteiger charge is 2.39. The van der Waals surface area contributed by atoms with E-state index >= 15 is 0 Å². The molecule has 0 saturated carbocycles. The van der Waals surface area contributed by atoms with Crippen LogP contribution in [0.15, 0.2) is 12.7 Å². The van der Waals surface area contributed by atoms with Crippen LogP contribution in [-0.2, 0) is 16.1 Å². The average molecular weight is 279 g/mol. The Hall–Kier alpha value is -1.47. The number of carbonyl (C=O) groups is 1. The Morgan fingerprint density at radius 3 is 2.60 bits per heavy atom. The maximum atomic E-state index is 12.2. The van der Waals surface area contributed by atoms with E-state index in [2.05, 4.69) is 22.1 Å². The van der Waals surface area contributed by atoms with Crippen LogP contribution in [0.1, 0.15) is 12.8 Å². The monoisotopic (exact) mass is 279 g/mol. The van der Waals surface area contributed by atoms with Gasteiger partial charge in [-0.1, -0.05) is 0 Å². The number of ether oxygens (including phenoxy) is 1. The molecule has 3 rings (SSSR count). The number of hydrogen-bond acceptors (Lipinski definition) is 5. The van der Waals surface area contributed by atoms with Crippen LogP contribution < -0.4 is 0 Å². The van der Waals surface area contributed by atoms with Gasteiger partial charge in [0, 0.05) is 26.2 Å². The van der Waals surface area contributed by atoms with E-state index in [-0.39, 0.29) is 11.5 Å². The minimum atomic E-state index is -0.0413. The van der Waals surface area contributed by atoms with Crippen molar-refractivity contribution in [3.8, 4) is 0 Å². The molecule has 0 aromatic carbocycles. The number of carbonyl (C=O) groups excluding carboxylic acids is 1. The van der Waals surface area contributed by atoms with Crippen LogP contribution in [0.4, 0.5) is 0 Å². The van der Waals surface area contributed by atoms with E-state index in [0.717, 1.165) is 45.6 Å². The molecular weight excluding hydrogens is 258 g/mol. The van der Waals surface area contributed by atoms with E-state index in [9.17, 15) is 4.79 Å². The number of piperidine rings is 1. The Bertz CT molecular complexity index is 453. The molecule has 1 aromatic heterocycles. The highest BCUT2D eigenvalue weighted by molar-refractivity contribution is 5.76. The van der Waals surface area contributed by atoms with E-state index in [1.807, 2.05) is 4.90 Å². The molecule has 7 heteroatoms. The summed E-state index contributed by atoms with van der Waals surface area (Å²) in [4.78, 5) is 16.4. The van der Waals surface area contributed by atoms with Gasteiger partial charge in [-0.15, -0.1) is 10.2 Å². The summed E-state index contributed by atoms with van der Waals surface area (Å²) in [6.45, 7) is 4.63. The van der Waals surface area contributed by atoms with Gasteiger partial charge in [-0.05, 0) is 19.9 Å². The molecule has 0 bridgehead atoms. The number of rotatable bonds is 2. The first-order chi connectivity index (χ1) is 9.67. The fraction of sp³-hybridized carbons (Fsp3) is 0.769. The lowest BCUT2D eigenvalue weighted by atomic mass is 9.89. The molecule has 1 aromatic rings. The van der Waals surface area contributed by atoms with Gasteiger partial charge in [0.2, 0.25) is 5.91 Å². The van der Waals surface area contributed by atoms with Gasteiger partial charge in [0.05, 0.1) is 12.2 Å². The number of likely N-dealkylation sites (tertiary alicyclic amines) is 1. The molecule has 2 aliphatic heterocycles. The molecule has 110 valence electrons. The Labute approximate surface area is 118 Å². The molecule has 2 saturated heterocycles. The molecule has 2 fully saturated rings. The smallest absolute Gasteiger partial charge is 0.242 e. The average Bonchev–Trinajstić information content (AvgIpc) is 2.92. The number of amides is 1. The molecule has 7 nitrogen and oxygen atoms in total. The second-order valence-corrected chi connectivity index (χ2v) is 5.78. The maximum absolute atomic E-state index is 12.2. The lowest BCUT2D eigenvalue weighted by molar-refractivity contribution is -0.148. The van der Waals surface area contributed by atoms with Crippen molar-refractivity contribution in [2.24, 2.45) is 0 Å². The van der Waals surface area contributed by atoms with Crippen LogP contribution in [-0.4, -0.2) is 75.9 Å². The van der Waals surface area contributed by atoms with E-state index in [0.29, 0.717) is 6.54 Å². The third kappa shape index (κ3) is 2.83. The van der Waals surface area contributed by atoms with Crippen molar-refractivity contribution >= 4 is 5.91 Å².